The molecule has 0 saturated heterocycles. The van der Waals surface area contributed by atoms with Crippen molar-refractivity contribution in [3.63, 3.8) is 0 Å². The van der Waals surface area contributed by atoms with Gasteiger partial charge in [-0.2, -0.15) is 0 Å². The fourth-order valence-electron chi connectivity index (χ4n) is 2.66. The number of thioether (sulfide) groups is 1. The normalized spacial score (nSPS) is 10.9. The molecule has 0 N–H and O–H groups in total. The number of hydrogen-bond donors (Lipinski definition) is 0. The summed E-state index contributed by atoms with van der Waals surface area (Å²) in [5.41, 5.74) is 3.99. The minimum absolute atomic E-state index is 0.220. The number of nitrogens with zero attached hydrogens (tertiary/aromatic N) is 2. The summed E-state index contributed by atoms with van der Waals surface area (Å²) in [6, 6.07) is 24.7. The number of para-hydroxylation sites is 1. The van der Waals surface area contributed by atoms with E-state index >= 15 is 0 Å². The Labute approximate surface area is 149 Å². The highest BCUT2D eigenvalue weighted by molar-refractivity contribution is 7.98. The predicted molar refractivity (Wildman–Crippen MR) is 101 cm³/mol. The van der Waals surface area contributed by atoms with E-state index in [1.54, 1.807) is 23.9 Å². The van der Waals surface area contributed by atoms with E-state index in [1.165, 1.54) is 12.1 Å². The maximum atomic E-state index is 13.0. The van der Waals surface area contributed by atoms with Crippen molar-refractivity contribution in [2.75, 3.05) is 0 Å². The second-order valence-corrected chi connectivity index (χ2v) is 6.60. The van der Waals surface area contributed by atoms with Crippen LogP contribution in [0.1, 0.15) is 5.56 Å². The third-order valence-electron chi connectivity index (χ3n) is 3.91. The lowest BCUT2D eigenvalue weighted by Crippen LogP contribution is -1.94. The number of fused-ring (bicyclic) bond motifs is 1. The quantitative estimate of drug-likeness (QED) is 0.349. The van der Waals surface area contributed by atoms with E-state index in [1.807, 2.05) is 42.5 Å². The molecule has 0 aliphatic rings. The summed E-state index contributed by atoms with van der Waals surface area (Å²) in [6.45, 7) is 0. The molecular formula is C21H15FN2S. The first-order chi connectivity index (χ1) is 12.3. The molecule has 4 heteroatoms. The first kappa shape index (κ1) is 15.8. The van der Waals surface area contributed by atoms with E-state index in [-0.39, 0.29) is 5.82 Å². The van der Waals surface area contributed by atoms with Crippen molar-refractivity contribution in [2.45, 2.75) is 10.9 Å². The standard InChI is InChI=1S/C21H15FN2S/c22-17-12-10-15(11-13-17)14-25-21-23-19-9-5-4-8-18(19)20(24-21)16-6-2-1-3-7-16/h1-13H,14H2. The third-order valence-corrected chi connectivity index (χ3v) is 4.83. The Balaban J connectivity index is 1.71. The molecule has 0 aliphatic heterocycles. The van der Waals surface area contributed by atoms with Gasteiger partial charge in [0.1, 0.15) is 5.82 Å². The van der Waals surface area contributed by atoms with Gasteiger partial charge in [0.25, 0.3) is 0 Å². The maximum Gasteiger partial charge on any atom is 0.189 e. The van der Waals surface area contributed by atoms with Crippen LogP contribution in [0, 0.1) is 5.82 Å². The third kappa shape index (κ3) is 3.54. The lowest BCUT2D eigenvalue weighted by molar-refractivity contribution is 0.627. The van der Waals surface area contributed by atoms with Gasteiger partial charge in [-0.1, -0.05) is 72.4 Å². The van der Waals surface area contributed by atoms with Gasteiger partial charge < -0.3 is 0 Å². The molecule has 0 bridgehead atoms. The first-order valence-corrected chi connectivity index (χ1v) is 8.97. The summed E-state index contributed by atoms with van der Waals surface area (Å²) in [5, 5.41) is 1.77. The summed E-state index contributed by atoms with van der Waals surface area (Å²) >= 11 is 1.56. The van der Waals surface area contributed by atoms with Crippen LogP contribution in [0.5, 0.6) is 0 Å². The number of hydrogen-bond acceptors (Lipinski definition) is 3. The van der Waals surface area contributed by atoms with E-state index in [4.69, 9.17) is 4.98 Å². The summed E-state index contributed by atoms with van der Waals surface area (Å²) in [4.78, 5) is 9.45. The van der Waals surface area contributed by atoms with Crippen molar-refractivity contribution in [1.82, 2.24) is 9.97 Å². The Morgan fingerprint density at radius 1 is 0.760 bits per heavy atom. The Hall–Kier alpha value is -2.72. The molecule has 4 rings (SSSR count). The van der Waals surface area contributed by atoms with Crippen LogP contribution in [-0.4, -0.2) is 9.97 Å². The monoisotopic (exact) mass is 346 g/mol. The minimum atomic E-state index is -0.220. The van der Waals surface area contributed by atoms with E-state index in [0.29, 0.717) is 5.75 Å². The Kier molecular flexibility index (Phi) is 4.44. The zero-order valence-corrected chi connectivity index (χ0v) is 14.2. The Morgan fingerprint density at radius 3 is 2.28 bits per heavy atom. The van der Waals surface area contributed by atoms with Crippen LogP contribution >= 0.6 is 11.8 Å². The SMILES string of the molecule is Fc1ccc(CSc2nc(-c3ccccc3)c3ccccc3n2)cc1. The largest absolute Gasteiger partial charge is 0.222 e. The minimum Gasteiger partial charge on any atom is -0.222 e. The van der Waals surface area contributed by atoms with E-state index in [0.717, 1.165) is 32.9 Å². The highest BCUT2D eigenvalue weighted by atomic mass is 32.2. The zero-order valence-electron chi connectivity index (χ0n) is 13.4. The van der Waals surface area contributed by atoms with Crippen LogP contribution in [0.25, 0.3) is 22.2 Å². The lowest BCUT2D eigenvalue weighted by Gasteiger charge is -2.09. The molecule has 0 fully saturated rings. The van der Waals surface area contributed by atoms with E-state index in [9.17, 15) is 4.39 Å². The van der Waals surface area contributed by atoms with Crippen molar-refractivity contribution in [3.8, 4) is 11.3 Å². The second-order valence-electron chi connectivity index (χ2n) is 5.65. The molecule has 0 amide bonds. The fourth-order valence-corrected chi connectivity index (χ4v) is 3.47. The van der Waals surface area contributed by atoms with Crippen LogP contribution in [0.4, 0.5) is 4.39 Å². The molecule has 0 atom stereocenters. The van der Waals surface area contributed by atoms with Crippen molar-refractivity contribution >= 4 is 22.7 Å². The fraction of sp³-hybridized carbons (Fsp3) is 0.0476. The van der Waals surface area contributed by atoms with Gasteiger partial charge in [-0.3, -0.25) is 0 Å². The molecule has 0 unspecified atom stereocenters. The van der Waals surface area contributed by atoms with Gasteiger partial charge in [0.15, 0.2) is 5.16 Å². The summed E-state index contributed by atoms with van der Waals surface area (Å²) in [7, 11) is 0. The molecule has 2 nitrogen and oxygen atoms in total. The molecule has 1 aromatic heterocycles. The van der Waals surface area contributed by atoms with Gasteiger partial charge in [0.05, 0.1) is 11.2 Å². The molecule has 4 aromatic rings. The van der Waals surface area contributed by atoms with Crippen molar-refractivity contribution in [2.24, 2.45) is 0 Å². The number of benzene rings is 3. The van der Waals surface area contributed by atoms with Gasteiger partial charge in [-0.05, 0) is 23.8 Å². The van der Waals surface area contributed by atoms with Crippen LogP contribution < -0.4 is 0 Å². The smallest absolute Gasteiger partial charge is 0.189 e. The molecular weight excluding hydrogens is 331 g/mol. The van der Waals surface area contributed by atoms with Gasteiger partial charge in [0, 0.05) is 16.7 Å². The van der Waals surface area contributed by atoms with Crippen LogP contribution in [0.2, 0.25) is 0 Å². The Morgan fingerprint density at radius 2 is 1.48 bits per heavy atom. The number of rotatable bonds is 4. The highest BCUT2D eigenvalue weighted by Gasteiger charge is 2.10. The van der Waals surface area contributed by atoms with Crippen LogP contribution in [0.3, 0.4) is 0 Å². The average molecular weight is 346 g/mol. The van der Waals surface area contributed by atoms with Crippen molar-refractivity contribution in [1.29, 1.82) is 0 Å². The predicted octanol–water partition coefficient (Wildman–Crippen LogP) is 5.73. The zero-order chi connectivity index (χ0) is 17.1. The molecule has 0 saturated carbocycles. The van der Waals surface area contributed by atoms with Gasteiger partial charge >= 0.3 is 0 Å². The topological polar surface area (TPSA) is 25.8 Å². The lowest BCUT2D eigenvalue weighted by atomic mass is 10.1. The van der Waals surface area contributed by atoms with Gasteiger partial charge in [0.2, 0.25) is 0 Å². The average Bonchev–Trinajstić information content (AvgIpc) is 2.67. The molecule has 3 aromatic carbocycles. The van der Waals surface area contributed by atoms with Crippen molar-refractivity contribution < 1.29 is 4.39 Å². The summed E-state index contributed by atoms with van der Waals surface area (Å²) < 4.78 is 13.0. The maximum absolute atomic E-state index is 13.0. The van der Waals surface area contributed by atoms with Gasteiger partial charge in [-0.25, -0.2) is 14.4 Å². The first-order valence-electron chi connectivity index (χ1n) is 7.99. The molecule has 1 heterocycles. The number of halogens is 1. The molecule has 25 heavy (non-hydrogen) atoms. The van der Waals surface area contributed by atoms with E-state index in [2.05, 4.69) is 17.1 Å². The van der Waals surface area contributed by atoms with E-state index < -0.39 is 0 Å². The second kappa shape index (κ2) is 7.03. The number of aromatic nitrogens is 2. The van der Waals surface area contributed by atoms with Gasteiger partial charge in [-0.15, -0.1) is 0 Å². The summed E-state index contributed by atoms with van der Waals surface area (Å²) in [5.74, 6) is 0.481. The van der Waals surface area contributed by atoms with Crippen molar-refractivity contribution in [3.05, 3.63) is 90.2 Å². The summed E-state index contributed by atoms with van der Waals surface area (Å²) in [6.07, 6.45) is 0. The molecule has 122 valence electrons. The highest BCUT2D eigenvalue weighted by Crippen LogP contribution is 2.29. The Bertz CT molecular complexity index is 1000. The molecule has 0 spiro atoms. The molecule has 0 radical (unpaired) electrons. The van der Waals surface area contributed by atoms with Crippen LogP contribution in [0.15, 0.2) is 84.0 Å². The molecule has 0 aliphatic carbocycles. The van der Waals surface area contributed by atoms with Crippen LogP contribution in [-0.2, 0) is 5.75 Å².